The minimum Gasteiger partial charge on any atom is -0.311 e. The molecule has 1 aromatic heterocycles. The standard InChI is InChI=1S/C16H21ClN4/c1-12-9-20(13(2)7-18-12)10-14-8-19-21(11-14)16-5-3-15(17)4-6-16/h3-6,8,11-13,18H,7,9-10H2,1-2H3. The number of hydrogen-bond donors (Lipinski definition) is 1. The Balaban J connectivity index is 1.71. The van der Waals surface area contributed by atoms with Crippen molar-refractivity contribution < 1.29 is 0 Å². The molecule has 2 aromatic rings. The number of nitrogens with one attached hydrogen (secondary N) is 1. The zero-order valence-corrected chi connectivity index (χ0v) is 13.2. The van der Waals surface area contributed by atoms with Crippen molar-refractivity contribution in [3.63, 3.8) is 0 Å². The molecule has 2 heterocycles. The Kier molecular flexibility index (Phi) is 4.29. The minimum absolute atomic E-state index is 0.549. The Morgan fingerprint density at radius 3 is 2.81 bits per heavy atom. The van der Waals surface area contributed by atoms with Crippen molar-refractivity contribution in [1.82, 2.24) is 20.0 Å². The molecule has 1 N–H and O–H groups in total. The summed E-state index contributed by atoms with van der Waals surface area (Å²) in [4.78, 5) is 2.50. The predicted molar refractivity (Wildman–Crippen MR) is 85.9 cm³/mol. The molecule has 21 heavy (non-hydrogen) atoms. The monoisotopic (exact) mass is 304 g/mol. The van der Waals surface area contributed by atoms with Gasteiger partial charge in [0.2, 0.25) is 0 Å². The molecule has 0 saturated carbocycles. The van der Waals surface area contributed by atoms with Gasteiger partial charge in [-0.1, -0.05) is 11.6 Å². The molecule has 0 bridgehead atoms. The number of hydrogen-bond acceptors (Lipinski definition) is 3. The lowest BCUT2D eigenvalue weighted by Crippen LogP contribution is -2.53. The molecule has 4 nitrogen and oxygen atoms in total. The molecule has 2 unspecified atom stereocenters. The Morgan fingerprint density at radius 1 is 1.29 bits per heavy atom. The first kappa shape index (κ1) is 14.6. The molecule has 1 aliphatic heterocycles. The lowest BCUT2D eigenvalue weighted by atomic mass is 10.1. The SMILES string of the molecule is CC1CN(Cc2cnn(-c3ccc(Cl)cc3)c2)C(C)CN1. The lowest BCUT2D eigenvalue weighted by Gasteiger charge is -2.37. The molecule has 0 aliphatic carbocycles. The summed E-state index contributed by atoms with van der Waals surface area (Å²) in [6, 6.07) is 8.84. The summed E-state index contributed by atoms with van der Waals surface area (Å²) in [5.41, 5.74) is 2.28. The van der Waals surface area contributed by atoms with Gasteiger partial charge in [-0.25, -0.2) is 4.68 Å². The molecule has 5 heteroatoms. The second kappa shape index (κ2) is 6.18. The normalized spacial score (nSPS) is 23.4. The fourth-order valence-electron chi connectivity index (χ4n) is 2.73. The number of rotatable bonds is 3. The summed E-state index contributed by atoms with van der Waals surface area (Å²) < 4.78 is 1.90. The van der Waals surface area contributed by atoms with Crippen LogP contribution in [0.3, 0.4) is 0 Å². The number of benzene rings is 1. The van der Waals surface area contributed by atoms with Gasteiger partial charge in [0.05, 0.1) is 11.9 Å². The quantitative estimate of drug-likeness (QED) is 0.946. The zero-order chi connectivity index (χ0) is 14.8. The van der Waals surface area contributed by atoms with Crippen LogP contribution in [-0.4, -0.2) is 39.9 Å². The third-order valence-electron chi connectivity index (χ3n) is 4.01. The average Bonchev–Trinajstić information content (AvgIpc) is 2.92. The predicted octanol–water partition coefficient (Wildman–Crippen LogP) is 2.71. The van der Waals surface area contributed by atoms with E-state index in [0.29, 0.717) is 12.1 Å². The van der Waals surface area contributed by atoms with Crippen molar-refractivity contribution in [2.75, 3.05) is 13.1 Å². The summed E-state index contributed by atoms with van der Waals surface area (Å²) in [5, 5.41) is 8.71. The van der Waals surface area contributed by atoms with Gasteiger partial charge >= 0.3 is 0 Å². The van der Waals surface area contributed by atoms with E-state index in [1.807, 2.05) is 35.1 Å². The van der Waals surface area contributed by atoms with Gasteiger partial charge in [0.25, 0.3) is 0 Å². The fourth-order valence-corrected chi connectivity index (χ4v) is 2.85. The smallest absolute Gasteiger partial charge is 0.0646 e. The fraction of sp³-hybridized carbons (Fsp3) is 0.438. The highest BCUT2D eigenvalue weighted by atomic mass is 35.5. The van der Waals surface area contributed by atoms with Gasteiger partial charge in [0, 0.05) is 48.5 Å². The van der Waals surface area contributed by atoms with Crippen molar-refractivity contribution in [2.24, 2.45) is 0 Å². The molecular weight excluding hydrogens is 284 g/mol. The van der Waals surface area contributed by atoms with E-state index in [4.69, 9.17) is 11.6 Å². The van der Waals surface area contributed by atoms with E-state index in [1.54, 1.807) is 0 Å². The van der Waals surface area contributed by atoms with Crippen molar-refractivity contribution >= 4 is 11.6 Å². The molecule has 0 amide bonds. The first-order chi connectivity index (χ1) is 10.1. The van der Waals surface area contributed by atoms with Crippen LogP contribution in [0.5, 0.6) is 0 Å². The average molecular weight is 305 g/mol. The summed E-state index contributed by atoms with van der Waals surface area (Å²) in [6.07, 6.45) is 4.05. The van der Waals surface area contributed by atoms with Gasteiger partial charge in [0.1, 0.15) is 0 Å². The molecule has 1 fully saturated rings. The summed E-state index contributed by atoms with van der Waals surface area (Å²) >= 11 is 5.92. The second-order valence-corrected chi connectivity index (χ2v) is 6.29. The van der Waals surface area contributed by atoms with Crippen LogP contribution in [0.1, 0.15) is 19.4 Å². The number of nitrogens with zero attached hydrogens (tertiary/aromatic N) is 3. The van der Waals surface area contributed by atoms with Crippen molar-refractivity contribution in [1.29, 1.82) is 0 Å². The van der Waals surface area contributed by atoms with Crippen LogP contribution in [0.15, 0.2) is 36.7 Å². The number of aromatic nitrogens is 2. The summed E-state index contributed by atoms with van der Waals surface area (Å²) in [6.45, 7) is 7.57. The van der Waals surface area contributed by atoms with Gasteiger partial charge in [-0.2, -0.15) is 5.10 Å². The third kappa shape index (κ3) is 3.46. The van der Waals surface area contributed by atoms with Crippen molar-refractivity contribution in [2.45, 2.75) is 32.5 Å². The van der Waals surface area contributed by atoms with Crippen LogP contribution in [0.4, 0.5) is 0 Å². The van der Waals surface area contributed by atoms with Crippen molar-refractivity contribution in [3.05, 3.63) is 47.2 Å². The van der Waals surface area contributed by atoms with Crippen LogP contribution < -0.4 is 5.32 Å². The largest absolute Gasteiger partial charge is 0.311 e. The highest BCUT2D eigenvalue weighted by molar-refractivity contribution is 6.30. The van der Waals surface area contributed by atoms with Crippen LogP contribution in [0.25, 0.3) is 5.69 Å². The van der Waals surface area contributed by atoms with Crippen LogP contribution in [-0.2, 0) is 6.54 Å². The molecule has 0 spiro atoms. The lowest BCUT2D eigenvalue weighted by molar-refractivity contribution is 0.139. The van der Waals surface area contributed by atoms with E-state index in [0.717, 1.165) is 30.3 Å². The maximum atomic E-state index is 5.92. The van der Waals surface area contributed by atoms with Gasteiger partial charge < -0.3 is 5.32 Å². The highest BCUT2D eigenvalue weighted by Crippen LogP contribution is 2.16. The van der Waals surface area contributed by atoms with Gasteiger partial charge in [-0.15, -0.1) is 0 Å². The first-order valence-electron chi connectivity index (χ1n) is 7.39. The Labute approximate surface area is 130 Å². The number of piperazine rings is 1. The van der Waals surface area contributed by atoms with Crippen LogP contribution in [0, 0.1) is 0 Å². The van der Waals surface area contributed by atoms with Gasteiger partial charge in [-0.3, -0.25) is 4.90 Å². The first-order valence-corrected chi connectivity index (χ1v) is 7.76. The van der Waals surface area contributed by atoms with E-state index >= 15 is 0 Å². The van der Waals surface area contributed by atoms with E-state index in [2.05, 4.69) is 35.4 Å². The Hall–Kier alpha value is -1.36. The molecule has 1 saturated heterocycles. The van der Waals surface area contributed by atoms with E-state index in [1.165, 1.54) is 5.56 Å². The van der Waals surface area contributed by atoms with Gasteiger partial charge in [0.15, 0.2) is 0 Å². The molecule has 1 aromatic carbocycles. The molecule has 2 atom stereocenters. The molecular formula is C16H21ClN4. The van der Waals surface area contributed by atoms with E-state index in [9.17, 15) is 0 Å². The summed E-state index contributed by atoms with van der Waals surface area (Å²) in [5.74, 6) is 0. The van der Waals surface area contributed by atoms with Crippen molar-refractivity contribution in [3.8, 4) is 5.69 Å². The number of halogens is 1. The molecule has 3 rings (SSSR count). The Morgan fingerprint density at radius 2 is 2.05 bits per heavy atom. The van der Waals surface area contributed by atoms with Crippen LogP contribution >= 0.6 is 11.6 Å². The third-order valence-corrected chi connectivity index (χ3v) is 4.26. The Bertz CT molecular complexity index is 593. The maximum absolute atomic E-state index is 5.92. The van der Waals surface area contributed by atoms with E-state index < -0.39 is 0 Å². The topological polar surface area (TPSA) is 33.1 Å². The molecule has 112 valence electrons. The highest BCUT2D eigenvalue weighted by Gasteiger charge is 2.22. The second-order valence-electron chi connectivity index (χ2n) is 5.86. The zero-order valence-electron chi connectivity index (χ0n) is 12.5. The van der Waals surface area contributed by atoms with Crippen LogP contribution in [0.2, 0.25) is 5.02 Å². The van der Waals surface area contributed by atoms with E-state index in [-0.39, 0.29) is 0 Å². The maximum Gasteiger partial charge on any atom is 0.0646 e. The minimum atomic E-state index is 0.549. The molecule has 1 aliphatic rings. The van der Waals surface area contributed by atoms with Gasteiger partial charge in [-0.05, 0) is 38.1 Å². The molecule has 0 radical (unpaired) electrons. The summed E-state index contributed by atoms with van der Waals surface area (Å²) in [7, 11) is 0.